The highest BCUT2D eigenvalue weighted by Crippen LogP contribution is 2.31. The number of nitrogens with zero attached hydrogens (tertiary/aromatic N) is 1. The Labute approximate surface area is 111 Å². The van der Waals surface area contributed by atoms with Crippen LogP contribution >= 0.6 is 0 Å². The Bertz CT molecular complexity index is 369. The molecule has 0 spiro atoms. The molecule has 0 aliphatic carbocycles. The number of ether oxygens (including phenoxy) is 1. The van der Waals surface area contributed by atoms with Crippen molar-refractivity contribution in [1.29, 1.82) is 0 Å². The zero-order valence-corrected chi connectivity index (χ0v) is 12.1. The molecule has 1 aliphatic rings. The van der Waals surface area contributed by atoms with Crippen LogP contribution in [0.5, 0.6) is 5.75 Å². The molecule has 2 rings (SSSR count). The van der Waals surface area contributed by atoms with Crippen LogP contribution in [-0.4, -0.2) is 30.6 Å². The van der Waals surface area contributed by atoms with Crippen LogP contribution in [-0.2, 0) is 0 Å². The lowest BCUT2D eigenvalue weighted by Gasteiger charge is -2.41. The molecule has 0 saturated carbocycles. The summed E-state index contributed by atoms with van der Waals surface area (Å²) in [6, 6.07) is 8.59. The van der Waals surface area contributed by atoms with Crippen molar-refractivity contribution in [2.24, 2.45) is 0 Å². The van der Waals surface area contributed by atoms with E-state index in [4.69, 9.17) is 4.74 Å². The van der Waals surface area contributed by atoms with Gasteiger partial charge in [-0.25, -0.2) is 0 Å². The normalized spacial score (nSPS) is 18.9. The number of piperidine rings is 1. The van der Waals surface area contributed by atoms with E-state index in [9.17, 15) is 0 Å². The lowest BCUT2D eigenvalue weighted by atomic mass is 9.87. The Balaban J connectivity index is 1.96. The summed E-state index contributed by atoms with van der Waals surface area (Å²) in [4.78, 5) is 2.59. The van der Waals surface area contributed by atoms with Crippen LogP contribution in [0.15, 0.2) is 24.3 Å². The van der Waals surface area contributed by atoms with E-state index < -0.39 is 0 Å². The molecule has 1 aliphatic heterocycles. The van der Waals surface area contributed by atoms with Crippen LogP contribution in [0.4, 0.5) is 0 Å². The lowest BCUT2D eigenvalue weighted by molar-refractivity contribution is 0.102. The standard InChI is InChI=1S/C16H25NO/c1-16(2,3)17-11-9-14(10-12-17)13-5-7-15(18-4)8-6-13/h5-8,14H,9-12H2,1-4H3. The molecule has 2 heteroatoms. The second kappa shape index (κ2) is 5.31. The van der Waals surface area contributed by atoms with Crippen molar-refractivity contribution in [3.63, 3.8) is 0 Å². The van der Waals surface area contributed by atoms with E-state index in [0.717, 1.165) is 11.7 Å². The SMILES string of the molecule is COc1ccc(C2CCN(C(C)(C)C)CC2)cc1. The Morgan fingerprint density at radius 2 is 1.61 bits per heavy atom. The van der Waals surface area contributed by atoms with Gasteiger partial charge in [0.25, 0.3) is 0 Å². The monoisotopic (exact) mass is 247 g/mol. The average molecular weight is 247 g/mol. The van der Waals surface area contributed by atoms with E-state index in [2.05, 4.69) is 49.9 Å². The molecular weight excluding hydrogens is 222 g/mol. The number of hydrogen-bond donors (Lipinski definition) is 0. The van der Waals surface area contributed by atoms with E-state index in [1.807, 2.05) is 0 Å². The van der Waals surface area contributed by atoms with Gasteiger partial charge in [0.2, 0.25) is 0 Å². The average Bonchev–Trinajstić information content (AvgIpc) is 2.38. The van der Waals surface area contributed by atoms with E-state index in [1.165, 1.54) is 31.5 Å². The van der Waals surface area contributed by atoms with Gasteiger partial charge in [0, 0.05) is 5.54 Å². The third-order valence-corrected chi connectivity index (χ3v) is 4.03. The minimum Gasteiger partial charge on any atom is -0.497 e. The fourth-order valence-corrected chi connectivity index (χ4v) is 2.76. The Morgan fingerprint density at radius 3 is 2.06 bits per heavy atom. The van der Waals surface area contributed by atoms with Crippen LogP contribution < -0.4 is 4.74 Å². The molecule has 2 nitrogen and oxygen atoms in total. The molecule has 0 aromatic heterocycles. The first-order valence-corrected chi connectivity index (χ1v) is 6.89. The molecule has 0 amide bonds. The fourth-order valence-electron chi connectivity index (χ4n) is 2.76. The summed E-state index contributed by atoms with van der Waals surface area (Å²) < 4.78 is 5.21. The first-order chi connectivity index (χ1) is 8.50. The summed E-state index contributed by atoms with van der Waals surface area (Å²) in [5, 5.41) is 0. The summed E-state index contributed by atoms with van der Waals surface area (Å²) >= 11 is 0. The van der Waals surface area contributed by atoms with Gasteiger partial charge in [0.05, 0.1) is 7.11 Å². The summed E-state index contributed by atoms with van der Waals surface area (Å²) in [6.45, 7) is 9.34. The predicted molar refractivity (Wildman–Crippen MR) is 76.3 cm³/mol. The quantitative estimate of drug-likeness (QED) is 0.790. The highest BCUT2D eigenvalue weighted by atomic mass is 16.5. The first kappa shape index (κ1) is 13.4. The maximum Gasteiger partial charge on any atom is 0.118 e. The number of rotatable bonds is 2. The summed E-state index contributed by atoms with van der Waals surface area (Å²) in [5.41, 5.74) is 1.77. The van der Waals surface area contributed by atoms with Crippen LogP contribution in [0, 0.1) is 0 Å². The van der Waals surface area contributed by atoms with Crippen LogP contribution in [0.25, 0.3) is 0 Å². The lowest BCUT2D eigenvalue weighted by Crippen LogP contribution is -2.45. The molecule has 1 aromatic rings. The van der Waals surface area contributed by atoms with E-state index in [1.54, 1.807) is 7.11 Å². The van der Waals surface area contributed by atoms with Crippen molar-refractivity contribution >= 4 is 0 Å². The van der Waals surface area contributed by atoms with E-state index in [0.29, 0.717) is 5.54 Å². The number of likely N-dealkylation sites (tertiary alicyclic amines) is 1. The second-order valence-corrected chi connectivity index (χ2v) is 6.21. The zero-order chi connectivity index (χ0) is 13.2. The number of benzene rings is 1. The number of hydrogen-bond acceptors (Lipinski definition) is 2. The summed E-state index contributed by atoms with van der Waals surface area (Å²) in [5.74, 6) is 1.67. The summed E-state index contributed by atoms with van der Waals surface area (Å²) in [6.07, 6.45) is 2.53. The third-order valence-electron chi connectivity index (χ3n) is 4.03. The molecule has 1 fully saturated rings. The van der Waals surface area contributed by atoms with Crippen molar-refractivity contribution in [2.45, 2.75) is 45.1 Å². The van der Waals surface area contributed by atoms with Gasteiger partial charge in [-0.15, -0.1) is 0 Å². The van der Waals surface area contributed by atoms with Gasteiger partial charge >= 0.3 is 0 Å². The third kappa shape index (κ3) is 3.05. The van der Waals surface area contributed by atoms with Gasteiger partial charge in [0.15, 0.2) is 0 Å². The van der Waals surface area contributed by atoms with Crippen LogP contribution in [0.1, 0.15) is 45.1 Å². The van der Waals surface area contributed by atoms with Gasteiger partial charge in [-0.2, -0.15) is 0 Å². The zero-order valence-electron chi connectivity index (χ0n) is 12.1. The van der Waals surface area contributed by atoms with Crippen molar-refractivity contribution in [3.05, 3.63) is 29.8 Å². The Morgan fingerprint density at radius 1 is 1.06 bits per heavy atom. The molecular formula is C16H25NO. The fraction of sp³-hybridized carbons (Fsp3) is 0.625. The summed E-state index contributed by atoms with van der Waals surface area (Å²) in [7, 11) is 1.72. The highest BCUT2D eigenvalue weighted by Gasteiger charge is 2.27. The topological polar surface area (TPSA) is 12.5 Å². The van der Waals surface area contributed by atoms with Crippen LogP contribution in [0.2, 0.25) is 0 Å². The molecule has 1 saturated heterocycles. The van der Waals surface area contributed by atoms with Crippen molar-refractivity contribution in [2.75, 3.05) is 20.2 Å². The van der Waals surface area contributed by atoms with Gasteiger partial charge in [-0.3, -0.25) is 4.90 Å². The van der Waals surface area contributed by atoms with Gasteiger partial charge in [-0.1, -0.05) is 12.1 Å². The van der Waals surface area contributed by atoms with Crippen molar-refractivity contribution in [3.8, 4) is 5.75 Å². The smallest absolute Gasteiger partial charge is 0.118 e. The van der Waals surface area contributed by atoms with Crippen molar-refractivity contribution < 1.29 is 4.74 Å². The Hall–Kier alpha value is -1.02. The van der Waals surface area contributed by atoms with Crippen LogP contribution in [0.3, 0.4) is 0 Å². The Kier molecular flexibility index (Phi) is 3.96. The molecule has 0 unspecified atom stereocenters. The highest BCUT2D eigenvalue weighted by molar-refractivity contribution is 5.29. The second-order valence-electron chi connectivity index (χ2n) is 6.21. The molecule has 0 N–H and O–H groups in total. The number of methoxy groups -OCH3 is 1. The molecule has 0 radical (unpaired) electrons. The van der Waals surface area contributed by atoms with Gasteiger partial charge in [-0.05, 0) is 70.3 Å². The largest absolute Gasteiger partial charge is 0.497 e. The molecule has 0 atom stereocenters. The minimum atomic E-state index is 0.310. The molecule has 0 bridgehead atoms. The minimum absolute atomic E-state index is 0.310. The predicted octanol–water partition coefficient (Wildman–Crippen LogP) is 3.67. The van der Waals surface area contributed by atoms with E-state index >= 15 is 0 Å². The maximum atomic E-state index is 5.21. The van der Waals surface area contributed by atoms with Gasteiger partial charge in [0.1, 0.15) is 5.75 Å². The van der Waals surface area contributed by atoms with Gasteiger partial charge < -0.3 is 4.74 Å². The molecule has 100 valence electrons. The molecule has 1 aromatic carbocycles. The van der Waals surface area contributed by atoms with Crippen molar-refractivity contribution in [1.82, 2.24) is 4.90 Å². The first-order valence-electron chi connectivity index (χ1n) is 6.89. The molecule has 18 heavy (non-hydrogen) atoms. The molecule has 1 heterocycles. The van der Waals surface area contributed by atoms with E-state index in [-0.39, 0.29) is 0 Å². The maximum absolute atomic E-state index is 5.21.